The van der Waals surface area contributed by atoms with E-state index in [0.29, 0.717) is 17.4 Å². The minimum absolute atomic E-state index is 0.171. The van der Waals surface area contributed by atoms with E-state index in [4.69, 9.17) is 16.3 Å². The maximum absolute atomic E-state index is 10.1. The first-order valence-corrected chi connectivity index (χ1v) is 6.09. The minimum Gasteiger partial charge on any atom is -0.492 e. The molecule has 1 aromatic rings. The van der Waals surface area contributed by atoms with Crippen molar-refractivity contribution >= 4 is 11.6 Å². The Morgan fingerprint density at radius 3 is 2.53 bits per heavy atom. The fourth-order valence-electron chi connectivity index (χ4n) is 1.90. The summed E-state index contributed by atoms with van der Waals surface area (Å²) in [5.74, 6) is 0.670. The molecule has 0 saturated carbocycles. The van der Waals surface area contributed by atoms with Gasteiger partial charge in [-0.05, 0) is 45.5 Å². The molecule has 0 saturated heterocycles. The summed E-state index contributed by atoms with van der Waals surface area (Å²) in [6, 6.07) is 5.40. The summed E-state index contributed by atoms with van der Waals surface area (Å²) in [6.07, 6.45) is 0. The van der Waals surface area contributed by atoms with Crippen molar-refractivity contribution in [1.29, 1.82) is 0 Å². The normalized spacial score (nSPS) is 13.5. The van der Waals surface area contributed by atoms with E-state index in [0.717, 1.165) is 5.56 Å². The standard InChI is InChI=1S/C13H20ClNO2/c1-5-17-11-7-6-9(8-10(11)14)12(15-4)13(2,3)16/h6-8,12,15-16H,5H2,1-4H3. The van der Waals surface area contributed by atoms with E-state index >= 15 is 0 Å². The molecule has 2 N–H and O–H groups in total. The van der Waals surface area contributed by atoms with Gasteiger partial charge in [0, 0.05) is 0 Å². The number of nitrogens with one attached hydrogen (secondary N) is 1. The van der Waals surface area contributed by atoms with Gasteiger partial charge in [0.25, 0.3) is 0 Å². The maximum atomic E-state index is 10.1. The zero-order valence-electron chi connectivity index (χ0n) is 10.7. The van der Waals surface area contributed by atoms with E-state index in [9.17, 15) is 5.11 Å². The van der Waals surface area contributed by atoms with Gasteiger partial charge in [-0.3, -0.25) is 0 Å². The lowest BCUT2D eigenvalue weighted by Crippen LogP contribution is -2.37. The molecular weight excluding hydrogens is 238 g/mol. The fraction of sp³-hybridized carbons (Fsp3) is 0.538. The van der Waals surface area contributed by atoms with Crippen LogP contribution in [-0.2, 0) is 0 Å². The van der Waals surface area contributed by atoms with Crippen LogP contribution in [0, 0.1) is 0 Å². The van der Waals surface area contributed by atoms with E-state index in [-0.39, 0.29) is 6.04 Å². The van der Waals surface area contributed by atoms with Crippen LogP contribution in [0.1, 0.15) is 32.4 Å². The van der Waals surface area contributed by atoms with E-state index in [1.165, 1.54) is 0 Å². The van der Waals surface area contributed by atoms with E-state index < -0.39 is 5.60 Å². The summed E-state index contributed by atoms with van der Waals surface area (Å²) in [5.41, 5.74) is 0.0824. The summed E-state index contributed by atoms with van der Waals surface area (Å²) in [7, 11) is 1.81. The van der Waals surface area contributed by atoms with Crippen molar-refractivity contribution in [2.24, 2.45) is 0 Å². The van der Waals surface area contributed by atoms with Crippen LogP contribution in [0.25, 0.3) is 0 Å². The smallest absolute Gasteiger partial charge is 0.137 e. The first kappa shape index (κ1) is 14.3. The summed E-state index contributed by atoms with van der Waals surface area (Å²) in [6.45, 7) is 6.02. The van der Waals surface area contributed by atoms with E-state index in [1.54, 1.807) is 13.8 Å². The highest BCUT2D eigenvalue weighted by Crippen LogP contribution is 2.31. The van der Waals surface area contributed by atoms with Gasteiger partial charge >= 0.3 is 0 Å². The third-order valence-electron chi connectivity index (χ3n) is 2.58. The number of aliphatic hydroxyl groups is 1. The molecule has 1 unspecified atom stereocenters. The molecule has 3 nitrogen and oxygen atoms in total. The molecular formula is C13H20ClNO2. The van der Waals surface area contributed by atoms with Crippen LogP contribution in [0.3, 0.4) is 0 Å². The predicted octanol–water partition coefficient (Wildman–Crippen LogP) is 2.77. The molecule has 4 heteroatoms. The Balaban J connectivity index is 3.03. The second kappa shape index (κ2) is 5.71. The van der Waals surface area contributed by atoms with Gasteiger partial charge in [0.05, 0.1) is 23.3 Å². The first-order valence-electron chi connectivity index (χ1n) is 5.72. The number of rotatable bonds is 5. The molecule has 1 atom stereocenters. The monoisotopic (exact) mass is 257 g/mol. The third-order valence-corrected chi connectivity index (χ3v) is 2.88. The van der Waals surface area contributed by atoms with Crippen LogP contribution in [-0.4, -0.2) is 24.4 Å². The lowest BCUT2D eigenvalue weighted by molar-refractivity contribution is 0.0400. The topological polar surface area (TPSA) is 41.5 Å². The molecule has 1 rings (SSSR count). The highest BCUT2D eigenvalue weighted by atomic mass is 35.5. The van der Waals surface area contributed by atoms with Crippen molar-refractivity contribution in [3.8, 4) is 5.75 Å². The fourth-order valence-corrected chi connectivity index (χ4v) is 2.14. The Bertz CT molecular complexity index is 374. The number of likely N-dealkylation sites (N-methyl/N-ethyl adjacent to an activating group) is 1. The van der Waals surface area contributed by atoms with Crippen molar-refractivity contribution in [2.45, 2.75) is 32.4 Å². The molecule has 17 heavy (non-hydrogen) atoms. The quantitative estimate of drug-likeness (QED) is 0.852. The second-order valence-corrected chi connectivity index (χ2v) is 4.91. The molecule has 0 fully saturated rings. The van der Waals surface area contributed by atoms with Gasteiger partial charge in [-0.1, -0.05) is 17.7 Å². The summed E-state index contributed by atoms with van der Waals surface area (Å²) >= 11 is 6.12. The number of benzene rings is 1. The Morgan fingerprint density at radius 1 is 1.47 bits per heavy atom. The van der Waals surface area contributed by atoms with Crippen LogP contribution in [0.4, 0.5) is 0 Å². The summed E-state index contributed by atoms with van der Waals surface area (Å²) < 4.78 is 5.38. The van der Waals surface area contributed by atoms with Crippen molar-refractivity contribution in [3.63, 3.8) is 0 Å². The van der Waals surface area contributed by atoms with Gasteiger partial charge in [0.1, 0.15) is 5.75 Å². The average molecular weight is 258 g/mol. The lowest BCUT2D eigenvalue weighted by Gasteiger charge is -2.29. The zero-order chi connectivity index (χ0) is 13.1. The third kappa shape index (κ3) is 3.60. The largest absolute Gasteiger partial charge is 0.492 e. The molecule has 0 aliphatic rings. The molecule has 0 heterocycles. The van der Waals surface area contributed by atoms with E-state index in [2.05, 4.69) is 5.32 Å². The summed E-state index contributed by atoms with van der Waals surface area (Å²) in [5, 5.41) is 13.7. The van der Waals surface area contributed by atoms with E-state index in [1.807, 2.05) is 32.2 Å². The molecule has 0 bridgehead atoms. The molecule has 1 aromatic carbocycles. The van der Waals surface area contributed by atoms with Gasteiger partial charge in [-0.15, -0.1) is 0 Å². The molecule has 0 radical (unpaired) electrons. The van der Waals surface area contributed by atoms with Crippen LogP contribution in [0.15, 0.2) is 18.2 Å². The predicted molar refractivity (Wildman–Crippen MR) is 70.7 cm³/mol. The number of halogens is 1. The van der Waals surface area contributed by atoms with Crippen molar-refractivity contribution in [3.05, 3.63) is 28.8 Å². The van der Waals surface area contributed by atoms with Crippen LogP contribution in [0.2, 0.25) is 5.02 Å². The van der Waals surface area contributed by atoms with Gasteiger partial charge < -0.3 is 15.2 Å². The molecule has 0 aliphatic carbocycles. The van der Waals surface area contributed by atoms with Crippen LogP contribution >= 0.6 is 11.6 Å². The van der Waals surface area contributed by atoms with Crippen molar-refractivity contribution in [2.75, 3.05) is 13.7 Å². The average Bonchev–Trinajstić information content (AvgIpc) is 2.21. The molecule has 0 aliphatic heterocycles. The number of ether oxygens (including phenoxy) is 1. The Morgan fingerprint density at radius 2 is 2.12 bits per heavy atom. The molecule has 0 spiro atoms. The molecule has 96 valence electrons. The number of hydrogen-bond acceptors (Lipinski definition) is 3. The zero-order valence-corrected chi connectivity index (χ0v) is 11.5. The Kier molecular flexibility index (Phi) is 4.80. The van der Waals surface area contributed by atoms with Gasteiger partial charge in [0.2, 0.25) is 0 Å². The van der Waals surface area contributed by atoms with Gasteiger partial charge in [0.15, 0.2) is 0 Å². The highest BCUT2D eigenvalue weighted by Gasteiger charge is 2.27. The second-order valence-electron chi connectivity index (χ2n) is 4.50. The van der Waals surface area contributed by atoms with Gasteiger partial charge in [-0.25, -0.2) is 0 Å². The van der Waals surface area contributed by atoms with Crippen molar-refractivity contribution in [1.82, 2.24) is 5.32 Å². The summed E-state index contributed by atoms with van der Waals surface area (Å²) in [4.78, 5) is 0. The minimum atomic E-state index is -0.856. The van der Waals surface area contributed by atoms with Crippen LogP contribution < -0.4 is 10.1 Å². The highest BCUT2D eigenvalue weighted by molar-refractivity contribution is 6.32. The first-order chi connectivity index (χ1) is 7.90. The maximum Gasteiger partial charge on any atom is 0.137 e. The molecule has 0 amide bonds. The van der Waals surface area contributed by atoms with Gasteiger partial charge in [-0.2, -0.15) is 0 Å². The Labute approximate surface area is 108 Å². The van der Waals surface area contributed by atoms with Crippen LogP contribution in [0.5, 0.6) is 5.75 Å². The lowest BCUT2D eigenvalue weighted by atomic mass is 9.92. The SMILES string of the molecule is CCOc1ccc(C(NC)C(C)(C)O)cc1Cl. The Hall–Kier alpha value is -0.770. The number of hydrogen-bond donors (Lipinski definition) is 2. The van der Waals surface area contributed by atoms with Crippen molar-refractivity contribution < 1.29 is 9.84 Å². The molecule has 0 aromatic heterocycles.